The number of piperidine rings is 1. The van der Waals surface area contributed by atoms with Crippen LogP contribution in [0.1, 0.15) is 36.8 Å². The smallest absolute Gasteiger partial charge is 0.188 e. The third-order valence-corrected chi connectivity index (χ3v) is 4.33. The summed E-state index contributed by atoms with van der Waals surface area (Å²) in [6.45, 7) is 3.09. The molecule has 0 radical (unpaired) electrons. The lowest BCUT2D eigenvalue weighted by atomic mass is 10.00. The predicted octanol–water partition coefficient (Wildman–Crippen LogP) is 3.14. The van der Waals surface area contributed by atoms with Crippen LogP contribution in [0.4, 0.5) is 10.9 Å². The van der Waals surface area contributed by atoms with Gasteiger partial charge >= 0.3 is 0 Å². The van der Waals surface area contributed by atoms with Crippen molar-refractivity contribution in [3.8, 4) is 0 Å². The predicted molar refractivity (Wildman–Crippen MR) is 81.4 cm³/mol. The van der Waals surface area contributed by atoms with Gasteiger partial charge in [-0.25, -0.2) is 15.0 Å². The van der Waals surface area contributed by atoms with E-state index in [9.17, 15) is 0 Å². The van der Waals surface area contributed by atoms with Crippen molar-refractivity contribution in [1.82, 2.24) is 19.9 Å². The molecule has 2 aromatic heterocycles. The molecule has 1 saturated heterocycles. The van der Waals surface area contributed by atoms with Crippen LogP contribution in [0.15, 0.2) is 17.6 Å². The lowest BCUT2D eigenvalue weighted by Crippen LogP contribution is -2.30. The number of nitrogens with zero attached hydrogens (tertiary/aromatic N) is 4. The van der Waals surface area contributed by atoms with Gasteiger partial charge in [-0.15, -0.1) is 11.3 Å². The van der Waals surface area contributed by atoms with Gasteiger partial charge in [0.05, 0.1) is 11.7 Å². The number of hydrogen-bond acceptors (Lipinski definition) is 6. The maximum atomic E-state index is 4.63. The summed E-state index contributed by atoms with van der Waals surface area (Å²) in [5, 5.41) is 6.07. The van der Waals surface area contributed by atoms with Crippen molar-refractivity contribution in [2.24, 2.45) is 0 Å². The summed E-state index contributed by atoms with van der Waals surface area (Å²) >= 11 is 1.57. The van der Waals surface area contributed by atoms with E-state index in [2.05, 4.69) is 38.3 Å². The van der Waals surface area contributed by atoms with Gasteiger partial charge in [0.1, 0.15) is 11.6 Å². The maximum Gasteiger partial charge on any atom is 0.188 e. The van der Waals surface area contributed by atoms with Crippen molar-refractivity contribution in [3.05, 3.63) is 29.2 Å². The standard InChI is InChI=1S/C14H19N5S/c1-10-16-11(12-5-3-4-7-19(12)2)9-13(17-10)18-14-15-6-8-20-14/h6,8-9,12H,3-5,7H2,1-2H3,(H,15,16,17,18). The Bertz CT molecular complexity index is 569. The molecule has 1 aliphatic heterocycles. The Hall–Kier alpha value is -1.53. The van der Waals surface area contributed by atoms with Crippen LogP contribution in [0.5, 0.6) is 0 Å². The van der Waals surface area contributed by atoms with E-state index in [0.29, 0.717) is 6.04 Å². The molecule has 1 aliphatic rings. The Balaban J connectivity index is 1.86. The summed E-state index contributed by atoms with van der Waals surface area (Å²) < 4.78 is 0. The number of aryl methyl sites for hydroxylation is 1. The zero-order chi connectivity index (χ0) is 13.9. The molecule has 0 aliphatic carbocycles. The molecule has 3 heterocycles. The summed E-state index contributed by atoms with van der Waals surface area (Å²) in [4.78, 5) is 15.7. The fraction of sp³-hybridized carbons (Fsp3) is 0.500. The van der Waals surface area contributed by atoms with Crippen LogP contribution in [0.25, 0.3) is 0 Å². The number of likely N-dealkylation sites (tertiary alicyclic amines) is 1. The molecule has 3 rings (SSSR count). The molecule has 0 amide bonds. The normalized spacial score (nSPS) is 20.0. The largest absolute Gasteiger partial charge is 0.316 e. The van der Waals surface area contributed by atoms with Gasteiger partial charge in [0.15, 0.2) is 5.13 Å². The van der Waals surface area contributed by atoms with Crippen LogP contribution >= 0.6 is 11.3 Å². The van der Waals surface area contributed by atoms with Crippen LogP contribution in [0.3, 0.4) is 0 Å². The summed E-state index contributed by atoms with van der Waals surface area (Å²) in [5.74, 6) is 1.64. The van der Waals surface area contributed by atoms with E-state index >= 15 is 0 Å². The topological polar surface area (TPSA) is 53.9 Å². The van der Waals surface area contributed by atoms with Gasteiger partial charge in [-0.3, -0.25) is 4.90 Å². The summed E-state index contributed by atoms with van der Waals surface area (Å²) in [6, 6.07) is 2.46. The van der Waals surface area contributed by atoms with Crippen molar-refractivity contribution < 1.29 is 0 Å². The highest BCUT2D eigenvalue weighted by atomic mass is 32.1. The SMILES string of the molecule is Cc1nc(Nc2nccs2)cc(C2CCCCN2C)n1. The monoisotopic (exact) mass is 289 g/mol. The van der Waals surface area contributed by atoms with E-state index < -0.39 is 0 Å². The third-order valence-electron chi connectivity index (χ3n) is 3.64. The van der Waals surface area contributed by atoms with E-state index in [4.69, 9.17) is 0 Å². The van der Waals surface area contributed by atoms with Crippen molar-refractivity contribution in [2.45, 2.75) is 32.2 Å². The van der Waals surface area contributed by atoms with Gasteiger partial charge in [-0.2, -0.15) is 0 Å². The highest BCUT2D eigenvalue weighted by Gasteiger charge is 2.22. The molecular weight excluding hydrogens is 270 g/mol. The second-order valence-corrected chi connectivity index (χ2v) is 6.07. The number of hydrogen-bond donors (Lipinski definition) is 1. The van der Waals surface area contributed by atoms with Gasteiger partial charge < -0.3 is 5.32 Å². The molecule has 5 nitrogen and oxygen atoms in total. The average molecular weight is 289 g/mol. The highest BCUT2D eigenvalue weighted by Crippen LogP contribution is 2.29. The molecule has 6 heteroatoms. The second kappa shape index (κ2) is 5.85. The molecule has 0 bridgehead atoms. The van der Waals surface area contributed by atoms with Crippen LogP contribution in [-0.4, -0.2) is 33.4 Å². The first-order valence-electron chi connectivity index (χ1n) is 6.95. The van der Waals surface area contributed by atoms with Crippen LogP contribution < -0.4 is 5.32 Å². The lowest BCUT2D eigenvalue weighted by molar-refractivity contribution is 0.183. The molecule has 2 aromatic rings. The van der Waals surface area contributed by atoms with Crippen molar-refractivity contribution in [2.75, 3.05) is 18.9 Å². The van der Waals surface area contributed by atoms with Gasteiger partial charge in [-0.1, -0.05) is 6.42 Å². The number of aromatic nitrogens is 3. The Kier molecular flexibility index (Phi) is 3.93. The minimum absolute atomic E-state index is 0.405. The number of anilines is 2. The molecule has 20 heavy (non-hydrogen) atoms. The Morgan fingerprint density at radius 1 is 1.35 bits per heavy atom. The number of nitrogens with one attached hydrogen (secondary N) is 1. The van der Waals surface area contributed by atoms with E-state index in [0.717, 1.165) is 29.0 Å². The Morgan fingerprint density at radius 3 is 3.00 bits per heavy atom. The van der Waals surface area contributed by atoms with Crippen LogP contribution in [0.2, 0.25) is 0 Å². The number of rotatable bonds is 3. The van der Waals surface area contributed by atoms with E-state index in [-0.39, 0.29) is 0 Å². The zero-order valence-electron chi connectivity index (χ0n) is 11.8. The molecule has 106 valence electrons. The summed E-state index contributed by atoms with van der Waals surface area (Å²) in [5.41, 5.74) is 1.11. The fourth-order valence-electron chi connectivity index (χ4n) is 2.67. The maximum absolute atomic E-state index is 4.63. The quantitative estimate of drug-likeness (QED) is 0.940. The molecule has 1 atom stereocenters. The molecule has 1 N–H and O–H groups in total. The van der Waals surface area contributed by atoms with Crippen molar-refractivity contribution >= 4 is 22.3 Å². The van der Waals surface area contributed by atoms with Crippen LogP contribution in [0, 0.1) is 6.92 Å². The molecule has 0 saturated carbocycles. The number of thiazole rings is 1. The zero-order valence-corrected chi connectivity index (χ0v) is 12.7. The van der Waals surface area contributed by atoms with Gasteiger partial charge in [0, 0.05) is 17.6 Å². The van der Waals surface area contributed by atoms with Crippen molar-refractivity contribution in [1.29, 1.82) is 0 Å². The summed E-state index contributed by atoms with van der Waals surface area (Å²) in [6.07, 6.45) is 5.51. The second-order valence-electron chi connectivity index (χ2n) is 5.18. The van der Waals surface area contributed by atoms with E-state index in [1.807, 2.05) is 12.3 Å². The molecular formula is C14H19N5S. The Labute approximate surface area is 123 Å². The molecule has 0 spiro atoms. The average Bonchev–Trinajstić information content (AvgIpc) is 2.91. The lowest BCUT2D eigenvalue weighted by Gasteiger charge is -2.32. The minimum atomic E-state index is 0.405. The molecule has 1 unspecified atom stereocenters. The first kappa shape index (κ1) is 13.5. The van der Waals surface area contributed by atoms with E-state index in [1.165, 1.54) is 19.3 Å². The highest BCUT2D eigenvalue weighted by molar-refractivity contribution is 7.13. The van der Waals surface area contributed by atoms with Gasteiger partial charge in [0.25, 0.3) is 0 Å². The van der Waals surface area contributed by atoms with Crippen molar-refractivity contribution in [3.63, 3.8) is 0 Å². The molecule has 0 aromatic carbocycles. The van der Waals surface area contributed by atoms with E-state index in [1.54, 1.807) is 17.5 Å². The Morgan fingerprint density at radius 2 is 2.25 bits per heavy atom. The van der Waals surface area contributed by atoms with Crippen LogP contribution in [-0.2, 0) is 0 Å². The minimum Gasteiger partial charge on any atom is -0.316 e. The first-order valence-corrected chi connectivity index (χ1v) is 7.82. The third kappa shape index (κ3) is 2.96. The van der Waals surface area contributed by atoms with Gasteiger partial charge in [0.2, 0.25) is 0 Å². The van der Waals surface area contributed by atoms with Gasteiger partial charge in [-0.05, 0) is 33.4 Å². The molecule has 1 fully saturated rings. The fourth-order valence-corrected chi connectivity index (χ4v) is 3.20. The summed E-state index contributed by atoms with van der Waals surface area (Å²) in [7, 11) is 2.18. The first-order chi connectivity index (χ1) is 9.72.